The van der Waals surface area contributed by atoms with E-state index >= 15 is 0 Å². The highest BCUT2D eigenvalue weighted by Gasteiger charge is 2.31. The van der Waals surface area contributed by atoms with Gasteiger partial charge in [0.15, 0.2) is 0 Å². The normalized spacial score (nSPS) is 16.0. The fourth-order valence-corrected chi connectivity index (χ4v) is 3.81. The number of nitrogens with zero attached hydrogens (tertiary/aromatic N) is 5. The minimum atomic E-state index is -0.732. The van der Waals surface area contributed by atoms with Crippen molar-refractivity contribution in [2.24, 2.45) is 0 Å². The third-order valence-corrected chi connectivity index (χ3v) is 5.45. The first kappa shape index (κ1) is 19.9. The van der Waals surface area contributed by atoms with E-state index in [0.717, 1.165) is 10.5 Å². The van der Waals surface area contributed by atoms with Gasteiger partial charge in [-0.3, -0.25) is 24.2 Å². The van der Waals surface area contributed by atoms with Crippen LogP contribution in [0.15, 0.2) is 47.4 Å². The highest BCUT2D eigenvalue weighted by Crippen LogP contribution is 2.28. The summed E-state index contributed by atoms with van der Waals surface area (Å²) in [5.74, 6) is -1.20. The minimum absolute atomic E-state index is 0.0384. The molecule has 0 aliphatic carbocycles. The molecule has 1 aromatic carbocycles. The Morgan fingerprint density at radius 3 is 2.53 bits per heavy atom. The third kappa shape index (κ3) is 3.50. The van der Waals surface area contributed by atoms with Crippen molar-refractivity contribution in [3.63, 3.8) is 0 Å². The van der Waals surface area contributed by atoms with Crippen LogP contribution in [0.4, 0.5) is 20.3 Å². The Balaban J connectivity index is 1.60. The van der Waals surface area contributed by atoms with Crippen molar-refractivity contribution in [3.8, 4) is 0 Å². The predicted octanol–water partition coefficient (Wildman–Crippen LogP) is 2.76. The number of nitro groups is 1. The summed E-state index contributed by atoms with van der Waals surface area (Å²) in [6.07, 6.45) is 1.44. The Kier molecular flexibility index (Phi) is 5.17. The number of fused-ring (bicyclic) bond motifs is 1. The Bertz CT molecular complexity index is 1170. The minimum Gasteiger partial charge on any atom is -0.348 e. The lowest BCUT2D eigenvalue weighted by Gasteiger charge is -2.38. The molecule has 1 aliphatic rings. The van der Waals surface area contributed by atoms with Gasteiger partial charge in [0.05, 0.1) is 4.92 Å². The van der Waals surface area contributed by atoms with E-state index in [1.54, 1.807) is 23.1 Å². The maximum Gasteiger partial charge on any atom is 0.376 e. The number of pyridine rings is 1. The van der Waals surface area contributed by atoms with Gasteiger partial charge in [0.1, 0.15) is 17.3 Å². The fraction of sp³-hybridized carbons (Fsp3) is 0.300. The van der Waals surface area contributed by atoms with Gasteiger partial charge in [-0.05, 0) is 25.1 Å². The molecule has 1 atom stereocenters. The highest BCUT2D eigenvalue weighted by atomic mass is 19.1. The number of rotatable bonds is 4. The first-order valence-electron chi connectivity index (χ1n) is 9.46. The molecular formula is C20H19F2N5O3. The molecule has 2 aromatic heterocycles. The Hall–Kier alpha value is -3.40. The van der Waals surface area contributed by atoms with Crippen LogP contribution in [-0.4, -0.2) is 45.4 Å². The van der Waals surface area contributed by atoms with Crippen LogP contribution in [0.5, 0.6) is 0 Å². The standard InChI is InChI=1S/C20H19F2N5O3/c1-13(15-6-5-14(21)12-16(15)22)24-8-10-25(11-9-24)19-18(27(29)30)20(28)26-7-3-2-4-17(26)23-19/h2-7,12-13H,8-11H2,1H3. The molecule has 156 valence electrons. The van der Waals surface area contributed by atoms with Gasteiger partial charge in [0, 0.05) is 50.0 Å². The molecule has 0 bridgehead atoms. The van der Waals surface area contributed by atoms with E-state index in [1.807, 2.05) is 11.8 Å². The van der Waals surface area contributed by atoms with E-state index in [4.69, 9.17) is 0 Å². The van der Waals surface area contributed by atoms with Gasteiger partial charge in [0.2, 0.25) is 5.82 Å². The van der Waals surface area contributed by atoms with Crippen molar-refractivity contribution in [3.05, 3.63) is 80.3 Å². The molecule has 3 aromatic rings. The van der Waals surface area contributed by atoms with Crippen molar-refractivity contribution >= 4 is 17.2 Å². The first-order chi connectivity index (χ1) is 14.4. The number of anilines is 1. The summed E-state index contributed by atoms with van der Waals surface area (Å²) in [6, 6.07) is 8.14. The summed E-state index contributed by atoms with van der Waals surface area (Å²) in [4.78, 5) is 31.6. The van der Waals surface area contributed by atoms with Crippen molar-refractivity contribution < 1.29 is 13.7 Å². The first-order valence-corrected chi connectivity index (χ1v) is 9.46. The number of hydrogen-bond donors (Lipinski definition) is 0. The SMILES string of the molecule is CC(c1ccc(F)cc1F)N1CCN(c2nc3ccccn3c(=O)c2[N+](=O)[O-])CC1. The summed E-state index contributed by atoms with van der Waals surface area (Å²) in [7, 11) is 0. The van der Waals surface area contributed by atoms with E-state index in [0.29, 0.717) is 37.4 Å². The lowest BCUT2D eigenvalue weighted by Crippen LogP contribution is -2.48. The lowest BCUT2D eigenvalue weighted by atomic mass is 10.1. The van der Waals surface area contributed by atoms with E-state index < -0.39 is 27.8 Å². The Morgan fingerprint density at radius 1 is 1.13 bits per heavy atom. The highest BCUT2D eigenvalue weighted by molar-refractivity contribution is 5.61. The van der Waals surface area contributed by atoms with E-state index in [-0.39, 0.29) is 11.9 Å². The zero-order chi connectivity index (χ0) is 21.4. The van der Waals surface area contributed by atoms with E-state index in [2.05, 4.69) is 4.98 Å². The average Bonchev–Trinajstić information content (AvgIpc) is 2.73. The largest absolute Gasteiger partial charge is 0.376 e. The molecule has 1 fully saturated rings. The molecule has 30 heavy (non-hydrogen) atoms. The van der Waals surface area contributed by atoms with Gasteiger partial charge in [-0.15, -0.1) is 0 Å². The molecule has 0 amide bonds. The molecule has 10 heteroatoms. The average molecular weight is 415 g/mol. The van der Waals surface area contributed by atoms with Crippen molar-refractivity contribution in [1.29, 1.82) is 0 Å². The number of halogens is 2. The van der Waals surface area contributed by atoms with Crippen molar-refractivity contribution in [2.45, 2.75) is 13.0 Å². The van der Waals surface area contributed by atoms with Crippen molar-refractivity contribution in [2.75, 3.05) is 31.1 Å². The van der Waals surface area contributed by atoms with Crippen LogP contribution in [0, 0.1) is 21.7 Å². The zero-order valence-electron chi connectivity index (χ0n) is 16.2. The molecule has 0 saturated carbocycles. The molecule has 0 N–H and O–H groups in total. The van der Waals surface area contributed by atoms with Crippen LogP contribution in [0.25, 0.3) is 5.65 Å². The van der Waals surface area contributed by atoms with Crippen LogP contribution in [0.1, 0.15) is 18.5 Å². The van der Waals surface area contributed by atoms with Gasteiger partial charge in [-0.2, -0.15) is 0 Å². The van der Waals surface area contributed by atoms with Gasteiger partial charge in [-0.1, -0.05) is 12.1 Å². The summed E-state index contributed by atoms with van der Waals surface area (Å²) < 4.78 is 28.5. The lowest BCUT2D eigenvalue weighted by molar-refractivity contribution is -0.385. The maximum absolute atomic E-state index is 14.1. The van der Waals surface area contributed by atoms with Crippen LogP contribution >= 0.6 is 0 Å². The summed E-state index contributed by atoms with van der Waals surface area (Å²) in [5, 5.41) is 11.6. The van der Waals surface area contributed by atoms with E-state index in [1.165, 1.54) is 18.3 Å². The van der Waals surface area contributed by atoms with E-state index in [9.17, 15) is 23.7 Å². The van der Waals surface area contributed by atoms with Crippen LogP contribution in [-0.2, 0) is 0 Å². The Morgan fingerprint density at radius 2 is 1.87 bits per heavy atom. The second kappa shape index (κ2) is 7.79. The molecule has 0 radical (unpaired) electrons. The van der Waals surface area contributed by atoms with Crippen molar-refractivity contribution in [1.82, 2.24) is 14.3 Å². The predicted molar refractivity (Wildman–Crippen MR) is 107 cm³/mol. The smallest absolute Gasteiger partial charge is 0.348 e. The van der Waals surface area contributed by atoms with Gasteiger partial charge in [-0.25, -0.2) is 13.8 Å². The quantitative estimate of drug-likeness (QED) is 0.481. The second-order valence-corrected chi connectivity index (χ2v) is 7.14. The number of piperazine rings is 1. The summed E-state index contributed by atoms with van der Waals surface area (Å²) in [6.45, 7) is 3.54. The fourth-order valence-electron chi connectivity index (χ4n) is 3.81. The molecular weight excluding hydrogens is 396 g/mol. The number of aromatic nitrogens is 2. The molecule has 3 heterocycles. The second-order valence-electron chi connectivity index (χ2n) is 7.14. The molecule has 8 nitrogen and oxygen atoms in total. The van der Waals surface area contributed by atoms with Crippen LogP contribution in [0.2, 0.25) is 0 Å². The molecule has 4 rings (SSSR count). The molecule has 0 spiro atoms. The number of hydrogen-bond acceptors (Lipinski definition) is 6. The van der Waals surface area contributed by atoms with Gasteiger partial charge < -0.3 is 4.90 Å². The van der Waals surface area contributed by atoms with Crippen LogP contribution in [0.3, 0.4) is 0 Å². The topological polar surface area (TPSA) is 84.0 Å². The van der Waals surface area contributed by atoms with Gasteiger partial charge in [0.25, 0.3) is 0 Å². The molecule has 1 aliphatic heterocycles. The Labute approximate surface area is 170 Å². The summed E-state index contributed by atoms with van der Waals surface area (Å²) in [5.41, 5.74) is -0.584. The molecule has 1 saturated heterocycles. The summed E-state index contributed by atoms with van der Waals surface area (Å²) >= 11 is 0. The zero-order valence-corrected chi connectivity index (χ0v) is 16.2. The van der Waals surface area contributed by atoms with Gasteiger partial charge >= 0.3 is 11.2 Å². The van der Waals surface area contributed by atoms with Crippen LogP contribution < -0.4 is 10.5 Å². The monoisotopic (exact) mass is 415 g/mol. The third-order valence-electron chi connectivity index (χ3n) is 5.45. The number of benzene rings is 1. The maximum atomic E-state index is 14.1. The molecule has 1 unspecified atom stereocenters.